The summed E-state index contributed by atoms with van der Waals surface area (Å²) in [5, 5.41) is 9.60. The first-order chi connectivity index (χ1) is 4.90. The molecule has 1 atom stereocenters. The topological polar surface area (TPSA) is 20.2 Å². The zero-order valence-electron chi connectivity index (χ0n) is 7.89. The smallest absolute Gasteiger partial charge is 0.0808 e. The zero-order valence-corrected chi connectivity index (χ0v) is 7.89. The molecule has 0 aliphatic rings. The summed E-state index contributed by atoms with van der Waals surface area (Å²) in [7, 11) is 0. The Bertz CT molecular complexity index is 162. The number of rotatable bonds is 3. The van der Waals surface area contributed by atoms with E-state index >= 15 is 0 Å². The van der Waals surface area contributed by atoms with Gasteiger partial charge in [0.2, 0.25) is 0 Å². The number of aliphatic hydroxyl groups excluding tert-OH is 1. The summed E-state index contributed by atoms with van der Waals surface area (Å²) in [4.78, 5) is 0. The van der Waals surface area contributed by atoms with Gasteiger partial charge in [-0.05, 0) is 13.8 Å². The van der Waals surface area contributed by atoms with Crippen LogP contribution in [0.1, 0.15) is 27.7 Å². The lowest BCUT2D eigenvalue weighted by atomic mass is 9.86. The first kappa shape index (κ1) is 10.4. The van der Waals surface area contributed by atoms with Crippen LogP contribution in [0, 0.1) is 5.41 Å². The molecule has 0 spiro atoms. The number of hydrogen-bond donors (Lipinski definition) is 1. The molecule has 0 fully saturated rings. The molecule has 0 amide bonds. The van der Waals surface area contributed by atoms with Gasteiger partial charge in [-0.3, -0.25) is 0 Å². The highest BCUT2D eigenvalue weighted by Gasteiger charge is 2.21. The lowest BCUT2D eigenvalue weighted by Gasteiger charge is -2.24. The van der Waals surface area contributed by atoms with E-state index in [1.807, 2.05) is 33.8 Å². The molecule has 0 aliphatic carbocycles. The van der Waals surface area contributed by atoms with Gasteiger partial charge >= 0.3 is 0 Å². The van der Waals surface area contributed by atoms with E-state index in [0.717, 1.165) is 5.57 Å². The predicted molar refractivity (Wildman–Crippen MR) is 49.4 cm³/mol. The Hall–Kier alpha value is -0.560. The summed E-state index contributed by atoms with van der Waals surface area (Å²) >= 11 is 0. The molecule has 0 aliphatic heterocycles. The fourth-order valence-corrected chi connectivity index (χ4v) is 0.651. The third kappa shape index (κ3) is 3.38. The summed E-state index contributed by atoms with van der Waals surface area (Å²) in [5.41, 5.74) is 0.907. The molecule has 11 heavy (non-hydrogen) atoms. The molecule has 0 rings (SSSR count). The first-order valence-corrected chi connectivity index (χ1v) is 3.87. The van der Waals surface area contributed by atoms with E-state index in [2.05, 4.69) is 6.58 Å². The third-order valence-electron chi connectivity index (χ3n) is 1.78. The average Bonchev–Trinajstić information content (AvgIpc) is 1.86. The maximum absolute atomic E-state index is 9.60. The molecule has 0 radical (unpaired) electrons. The Morgan fingerprint density at radius 2 is 1.91 bits per heavy atom. The zero-order chi connectivity index (χ0) is 9.07. The van der Waals surface area contributed by atoms with Crippen molar-refractivity contribution >= 4 is 0 Å². The summed E-state index contributed by atoms with van der Waals surface area (Å²) < 4.78 is 0. The van der Waals surface area contributed by atoms with Crippen LogP contribution in [-0.2, 0) is 0 Å². The van der Waals surface area contributed by atoms with Gasteiger partial charge in [0.25, 0.3) is 0 Å². The molecule has 1 N–H and O–H groups in total. The largest absolute Gasteiger partial charge is 0.388 e. The highest BCUT2D eigenvalue weighted by Crippen LogP contribution is 2.23. The van der Waals surface area contributed by atoms with E-state index in [1.165, 1.54) is 0 Å². The van der Waals surface area contributed by atoms with Gasteiger partial charge in [0.15, 0.2) is 0 Å². The van der Waals surface area contributed by atoms with E-state index in [-0.39, 0.29) is 5.41 Å². The summed E-state index contributed by atoms with van der Waals surface area (Å²) in [5.74, 6) is 0. The van der Waals surface area contributed by atoms with Crippen molar-refractivity contribution in [2.24, 2.45) is 5.41 Å². The van der Waals surface area contributed by atoms with E-state index < -0.39 is 6.10 Å². The summed E-state index contributed by atoms with van der Waals surface area (Å²) in [6.45, 7) is 11.5. The molecule has 0 aromatic carbocycles. The second-order valence-electron chi connectivity index (χ2n) is 3.71. The average molecular weight is 154 g/mol. The Labute approximate surface area is 69.4 Å². The van der Waals surface area contributed by atoms with E-state index in [4.69, 9.17) is 0 Å². The third-order valence-corrected chi connectivity index (χ3v) is 1.78. The first-order valence-electron chi connectivity index (χ1n) is 3.87. The van der Waals surface area contributed by atoms with Crippen LogP contribution in [0.4, 0.5) is 0 Å². The standard InChI is InChI=1S/C10H18O/c1-6-10(4,5)9(11)7-8(2)3/h6-7,9,11H,1H2,2-5H3/t9-/m1/s1. The second kappa shape index (κ2) is 3.72. The van der Waals surface area contributed by atoms with Crippen LogP contribution in [0.25, 0.3) is 0 Å². The Morgan fingerprint density at radius 1 is 1.45 bits per heavy atom. The SMILES string of the molecule is C=CC(C)(C)[C@H](O)C=C(C)C. The van der Waals surface area contributed by atoms with E-state index in [1.54, 1.807) is 6.08 Å². The van der Waals surface area contributed by atoms with Gasteiger partial charge in [-0.1, -0.05) is 31.6 Å². The highest BCUT2D eigenvalue weighted by molar-refractivity contribution is 5.07. The monoisotopic (exact) mass is 154 g/mol. The van der Waals surface area contributed by atoms with Crippen molar-refractivity contribution in [2.45, 2.75) is 33.8 Å². The van der Waals surface area contributed by atoms with Crippen LogP contribution in [0.5, 0.6) is 0 Å². The second-order valence-corrected chi connectivity index (χ2v) is 3.71. The van der Waals surface area contributed by atoms with Gasteiger partial charge < -0.3 is 5.11 Å². The molecule has 64 valence electrons. The molecule has 0 aromatic rings. The summed E-state index contributed by atoms with van der Waals surface area (Å²) in [6.07, 6.45) is 3.20. The fourth-order valence-electron chi connectivity index (χ4n) is 0.651. The lowest BCUT2D eigenvalue weighted by Crippen LogP contribution is -2.24. The molecular weight excluding hydrogens is 136 g/mol. The van der Waals surface area contributed by atoms with Gasteiger partial charge in [0.05, 0.1) is 6.10 Å². The molecule has 1 heteroatoms. The van der Waals surface area contributed by atoms with E-state index in [0.29, 0.717) is 0 Å². The number of hydrogen-bond acceptors (Lipinski definition) is 1. The minimum absolute atomic E-state index is 0.225. The van der Waals surface area contributed by atoms with Crippen molar-refractivity contribution < 1.29 is 5.11 Å². The van der Waals surface area contributed by atoms with Crippen molar-refractivity contribution in [3.63, 3.8) is 0 Å². The Morgan fingerprint density at radius 3 is 2.18 bits per heavy atom. The van der Waals surface area contributed by atoms with Crippen LogP contribution in [0.2, 0.25) is 0 Å². The van der Waals surface area contributed by atoms with Crippen molar-refractivity contribution in [3.05, 3.63) is 24.3 Å². The van der Waals surface area contributed by atoms with Crippen molar-refractivity contribution in [2.75, 3.05) is 0 Å². The van der Waals surface area contributed by atoms with Gasteiger partial charge in [0.1, 0.15) is 0 Å². The molecule has 0 bridgehead atoms. The van der Waals surface area contributed by atoms with Crippen LogP contribution < -0.4 is 0 Å². The molecule has 0 saturated carbocycles. The highest BCUT2D eigenvalue weighted by atomic mass is 16.3. The molecule has 1 nitrogen and oxygen atoms in total. The normalized spacial score (nSPS) is 13.9. The van der Waals surface area contributed by atoms with Crippen molar-refractivity contribution in [3.8, 4) is 0 Å². The number of aliphatic hydroxyl groups is 1. The summed E-state index contributed by atoms with van der Waals surface area (Å²) in [6, 6.07) is 0. The lowest BCUT2D eigenvalue weighted by molar-refractivity contribution is 0.125. The van der Waals surface area contributed by atoms with Crippen LogP contribution in [-0.4, -0.2) is 11.2 Å². The van der Waals surface area contributed by atoms with Gasteiger partial charge in [-0.25, -0.2) is 0 Å². The van der Waals surface area contributed by atoms with Gasteiger partial charge in [-0.2, -0.15) is 0 Å². The van der Waals surface area contributed by atoms with Gasteiger partial charge in [-0.15, -0.1) is 6.58 Å². The molecule has 0 saturated heterocycles. The molecule has 0 unspecified atom stereocenters. The van der Waals surface area contributed by atoms with Crippen molar-refractivity contribution in [1.82, 2.24) is 0 Å². The minimum Gasteiger partial charge on any atom is -0.388 e. The maximum Gasteiger partial charge on any atom is 0.0808 e. The minimum atomic E-state index is -0.426. The Kier molecular flexibility index (Phi) is 3.53. The van der Waals surface area contributed by atoms with Crippen LogP contribution >= 0.6 is 0 Å². The molecule has 0 heterocycles. The van der Waals surface area contributed by atoms with Crippen LogP contribution in [0.15, 0.2) is 24.3 Å². The van der Waals surface area contributed by atoms with E-state index in [9.17, 15) is 5.11 Å². The van der Waals surface area contributed by atoms with Crippen LogP contribution in [0.3, 0.4) is 0 Å². The molecule has 0 aromatic heterocycles. The maximum atomic E-state index is 9.60. The van der Waals surface area contributed by atoms with Gasteiger partial charge in [0, 0.05) is 5.41 Å². The number of allylic oxidation sites excluding steroid dienone is 1. The fraction of sp³-hybridized carbons (Fsp3) is 0.600. The predicted octanol–water partition coefficient (Wildman–Crippen LogP) is 2.53. The Balaban J connectivity index is 4.35. The van der Waals surface area contributed by atoms with Crippen molar-refractivity contribution in [1.29, 1.82) is 0 Å². The quantitative estimate of drug-likeness (QED) is 0.619. The molecular formula is C10H18O.